The van der Waals surface area contributed by atoms with Gasteiger partial charge in [0.1, 0.15) is 37.0 Å². The Balaban J connectivity index is -0.000000194. The van der Waals surface area contributed by atoms with Gasteiger partial charge in [-0.2, -0.15) is 0 Å². The van der Waals surface area contributed by atoms with Crippen molar-refractivity contribution in [1.29, 1.82) is 0 Å². The Hall–Kier alpha value is -2.19. The average Bonchev–Trinajstić information content (AvgIpc) is 2.88. The summed E-state index contributed by atoms with van der Waals surface area (Å²) in [5.41, 5.74) is 0. The molecule has 0 radical (unpaired) electrons. The van der Waals surface area contributed by atoms with Crippen molar-refractivity contribution in [1.82, 2.24) is 0 Å². The largest absolute Gasteiger partial charge is 0.745 e. The lowest BCUT2D eigenvalue weighted by Gasteiger charge is -2.23. The van der Waals surface area contributed by atoms with E-state index in [9.17, 15) is 66.5 Å². The molecule has 24 heteroatoms. The number of alkyl halides is 3. The second-order valence-electron chi connectivity index (χ2n) is 9.30. The van der Waals surface area contributed by atoms with Gasteiger partial charge in [0.2, 0.25) is 10.0 Å². The first-order valence-electron chi connectivity index (χ1n) is 13.2. The predicted octanol–water partition coefficient (Wildman–Crippen LogP) is 2.14. The second-order valence-corrected chi connectivity index (χ2v) is 14.6. The Kier molecular flexibility index (Phi) is 29.5. The molecule has 0 aliphatic heterocycles. The van der Waals surface area contributed by atoms with Crippen molar-refractivity contribution >= 4 is 48.3 Å². The van der Waals surface area contributed by atoms with Gasteiger partial charge in [-0.05, 0) is 41.0 Å². The predicted molar refractivity (Wildman–Crippen MR) is 162 cm³/mol. The molecule has 0 amide bonds. The quantitative estimate of drug-likeness (QED) is 0.0561. The first-order valence-corrected chi connectivity index (χ1v) is 17.5. The van der Waals surface area contributed by atoms with Crippen LogP contribution in [0, 0.1) is 0 Å². The fraction of sp³-hybridized carbons (Fsp3) is 0.880. The molecule has 0 spiro atoms. The van der Waals surface area contributed by atoms with E-state index in [0.717, 1.165) is 0 Å². The molecule has 0 rings (SSSR count). The lowest BCUT2D eigenvalue weighted by molar-refractivity contribution is -0.158. The van der Waals surface area contributed by atoms with Crippen molar-refractivity contribution in [2.45, 2.75) is 97.1 Å². The van der Waals surface area contributed by atoms with E-state index in [2.05, 4.69) is 23.7 Å². The number of rotatable bonds is 20. The van der Waals surface area contributed by atoms with E-state index in [-0.39, 0.29) is 34.9 Å². The molecule has 0 aliphatic carbocycles. The Morgan fingerprint density at radius 3 is 1.29 bits per heavy atom. The highest BCUT2D eigenvalue weighted by molar-refractivity contribution is 7.87. The maximum Gasteiger partial charge on any atom is 0.332 e. The van der Waals surface area contributed by atoms with E-state index in [1.54, 1.807) is 13.8 Å². The zero-order valence-corrected chi connectivity index (χ0v) is 28.9. The van der Waals surface area contributed by atoms with E-state index in [1.807, 2.05) is 6.92 Å². The summed E-state index contributed by atoms with van der Waals surface area (Å²) in [6.07, 6.45) is -2.20. The fourth-order valence-electron chi connectivity index (χ4n) is 2.03. The van der Waals surface area contributed by atoms with E-state index in [4.69, 9.17) is 4.74 Å². The summed E-state index contributed by atoms with van der Waals surface area (Å²) < 4.78 is 160. The number of hydrogen-bond donors (Lipinski definition) is 0. The second kappa shape index (κ2) is 25.7. The van der Waals surface area contributed by atoms with E-state index in [1.165, 1.54) is 0 Å². The summed E-state index contributed by atoms with van der Waals surface area (Å²) in [6, 6.07) is 0. The Morgan fingerprint density at radius 1 is 0.571 bits per heavy atom. The summed E-state index contributed by atoms with van der Waals surface area (Å²) in [7, 11) is -15.4. The summed E-state index contributed by atoms with van der Waals surface area (Å²) in [4.78, 5) is 32.5. The molecule has 0 aromatic heterocycles. The van der Waals surface area contributed by atoms with Gasteiger partial charge in [0.25, 0.3) is 0 Å². The van der Waals surface area contributed by atoms with Gasteiger partial charge in [0.15, 0.2) is 18.6 Å². The third-order valence-corrected chi connectivity index (χ3v) is 8.48. The van der Waals surface area contributed by atoms with Crippen LogP contribution >= 0.6 is 0 Å². The van der Waals surface area contributed by atoms with Gasteiger partial charge in [-0.3, -0.25) is 9.59 Å². The van der Waals surface area contributed by atoms with Gasteiger partial charge in [-0.15, -0.1) is 0 Å². The maximum absolute atomic E-state index is 13.2. The first kappa shape index (κ1) is 56.2. The average molecular weight is 790 g/mol. The lowest BCUT2D eigenvalue weighted by atomic mass is 10.3. The molecule has 0 aliphatic rings. The fourth-order valence-corrected chi connectivity index (χ4v) is 2.96. The van der Waals surface area contributed by atoms with Crippen LogP contribution in [0.25, 0.3) is 0 Å². The van der Waals surface area contributed by atoms with E-state index >= 15 is 0 Å². The SMILES string of the molecule is C.C.CCCOCOC(=O)CC(C)(F)S(=O)(=O)[O-].CCOC(=O)COCCC(C)(F)S(=O)(=O)[O-].CCOCOC(=O)CC(C)(F)S(=O)(=O)[O-]. The third-order valence-electron chi connectivity index (χ3n) is 4.86. The molecule has 0 saturated carbocycles. The highest BCUT2D eigenvalue weighted by Crippen LogP contribution is 2.23. The van der Waals surface area contributed by atoms with Crippen LogP contribution in [0.3, 0.4) is 0 Å². The van der Waals surface area contributed by atoms with Crippen LogP contribution in [-0.2, 0) is 73.2 Å². The van der Waals surface area contributed by atoms with Crippen LogP contribution in [0.5, 0.6) is 0 Å². The van der Waals surface area contributed by atoms with Crippen molar-refractivity contribution in [3.05, 3.63) is 0 Å². The van der Waals surface area contributed by atoms with Gasteiger partial charge in [-0.1, -0.05) is 21.8 Å². The molecule has 3 atom stereocenters. The molecule has 0 aromatic rings. The van der Waals surface area contributed by atoms with Crippen molar-refractivity contribution in [3.63, 3.8) is 0 Å². The zero-order chi connectivity index (χ0) is 37.8. The molecule has 0 aromatic carbocycles. The Bertz CT molecular complexity index is 1270. The monoisotopic (exact) mass is 789 g/mol. The molecule has 18 nitrogen and oxygen atoms in total. The van der Waals surface area contributed by atoms with Crippen molar-refractivity contribution in [2.24, 2.45) is 0 Å². The van der Waals surface area contributed by atoms with Crippen LogP contribution in [0.4, 0.5) is 13.2 Å². The molecular formula is C25H48F3O18S3-3. The van der Waals surface area contributed by atoms with Crippen LogP contribution in [-0.4, -0.2) is 118 Å². The van der Waals surface area contributed by atoms with Gasteiger partial charge in [0, 0.05) is 13.0 Å². The zero-order valence-electron chi connectivity index (χ0n) is 26.5. The molecule has 0 N–H and O–H groups in total. The summed E-state index contributed by atoms with van der Waals surface area (Å²) in [5.74, 6) is -2.92. The van der Waals surface area contributed by atoms with E-state index in [0.29, 0.717) is 40.4 Å². The number of carbonyl (C=O) groups is 3. The van der Waals surface area contributed by atoms with Gasteiger partial charge in [0.05, 0.1) is 32.7 Å². The highest BCUT2D eigenvalue weighted by atomic mass is 32.2. The molecule has 49 heavy (non-hydrogen) atoms. The minimum Gasteiger partial charge on any atom is -0.745 e. The smallest absolute Gasteiger partial charge is 0.332 e. The molecule has 0 bridgehead atoms. The maximum atomic E-state index is 13.2. The summed E-state index contributed by atoms with van der Waals surface area (Å²) in [5, 5.41) is -9.20. The lowest BCUT2D eigenvalue weighted by Crippen LogP contribution is -2.33. The summed E-state index contributed by atoms with van der Waals surface area (Å²) >= 11 is 0. The number of carbonyl (C=O) groups excluding carboxylic acids is 3. The van der Waals surface area contributed by atoms with Crippen molar-refractivity contribution in [2.75, 3.05) is 46.6 Å². The number of esters is 3. The van der Waals surface area contributed by atoms with Gasteiger partial charge >= 0.3 is 17.9 Å². The van der Waals surface area contributed by atoms with E-state index < -0.39 is 95.9 Å². The number of halogens is 3. The van der Waals surface area contributed by atoms with Crippen LogP contribution in [0.15, 0.2) is 0 Å². The van der Waals surface area contributed by atoms with Gasteiger partial charge in [-0.25, -0.2) is 43.2 Å². The third kappa shape index (κ3) is 27.2. The summed E-state index contributed by atoms with van der Waals surface area (Å²) in [6.45, 7) is 6.09. The molecule has 3 unspecified atom stereocenters. The highest BCUT2D eigenvalue weighted by Gasteiger charge is 2.36. The Morgan fingerprint density at radius 2 is 0.959 bits per heavy atom. The Labute approximate surface area is 286 Å². The van der Waals surface area contributed by atoms with Crippen LogP contribution < -0.4 is 0 Å². The molecule has 298 valence electrons. The van der Waals surface area contributed by atoms with Crippen molar-refractivity contribution < 1.29 is 94.9 Å². The molecule has 0 saturated heterocycles. The van der Waals surface area contributed by atoms with Gasteiger partial charge < -0.3 is 42.1 Å². The van der Waals surface area contributed by atoms with Crippen molar-refractivity contribution in [3.8, 4) is 0 Å². The number of ether oxygens (including phenoxy) is 6. The first-order chi connectivity index (χ1) is 21.1. The van der Waals surface area contributed by atoms with Crippen LogP contribution in [0.1, 0.15) is 82.1 Å². The number of hydrogen-bond acceptors (Lipinski definition) is 18. The molecule has 0 heterocycles. The molecular weight excluding hydrogens is 741 g/mol. The minimum absolute atomic E-state index is 0. The topological polar surface area (TPSA) is 278 Å². The normalized spacial score (nSPS) is 14.9. The van der Waals surface area contributed by atoms with Crippen LogP contribution in [0.2, 0.25) is 0 Å². The molecule has 0 fully saturated rings. The standard InChI is InChI=1S/2C8H15FO6S.C7H13FO6S.2CH4/c1-3-15-7(10)6-14-5-4-8(2,9)16(11,12)13;1-3-4-14-6-15-7(10)5-8(2,9)16(11,12)13;1-3-13-5-14-6(9)4-7(2,8)15(10,11)12;;/h2*3-6H2,1-2H3,(H,11,12,13);3-5H2,1-2H3,(H,10,11,12);2*1H4/p-3. The minimum atomic E-state index is -5.19.